The maximum absolute atomic E-state index is 10.1. The molecule has 1 saturated heterocycles. The molecular weight excluding hydrogens is 431 g/mol. The lowest BCUT2D eigenvalue weighted by molar-refractivity contribution is 0.141. The Morgan fingerprint density at radius 1 is 1.28 bits per heavy atom. The van der Waals surface area contributed by atoms with E-state index in [4.69, 9.17) is 28.9 Å². The molecule has 2 atom stereocenters. The minimum Gasteiger partial charge on any atom is -0.393 e. The zero-order chi connectivity index (χ0) is 20.6. The van der Waals surface area contributed by atoms with Crippen molar-refractivity contribution in [3.05, 3.63) is 28.6 Å². The van der Waals surface area contributed by atoms with E-state index in [-0.39, 0.29) is 22.7 Å². The van der Waals surface area contributed by atoms with Crippen LogP contribution >= 0.6 is 35.0 Å². The molecule has 0 aromatic carbocycles. The summed E-state index contributed by atoms with van der Waals surface area (Å²) in [5.74, 6) is 1.14. The Morgan fingerprint density at radius 2 is 2.03 bits per heavy atom. The maximum Gasteiger partial charge on any atom is 0.151 e. The molecule has 1 spiro atoms. The summed E-state index contributed by atoms with van der Waals surface area (Å²) in [5, 5.41) is 11.3. The Hall–Kier alpha value is -1.61. The van der Waals surface area contributed by atoms with Crippen LogP contribution in [0.3, 0.4) is 0 Å². The number of anilines is 2. The zero-order valence-electron chi connectivity index (χ0n) is 15.8. The standard InChI is InChI=1S/C19H22Cl2N6OS/c1-23-13-6-11(28)8-19(13)2-4-27(5-3-19)15-9-25-16(10-24-15)29-12-7-14(22)26-18(21)17(12)20/h7,9-11,13,28H,1-6,8H2,(H2,22,26)/t11-,13-/m1/s1. The summed E-state index contributed by atoms with van der Waals surface area (Å²) in [6.45, 7) is 5.46. The van der Waals surface area contributed by atoms with Crippen LogP contribution in [-0.2, 0) is 0 Å². The summed E-state index contributed by atoms with van der Waals surface area (Å²) >= 11 is 13.5. The minimum absolute atomic E-state index is 0.0676. The lowest BCUT2D eigenvalue weighted by Crippen LogP contribution is -2.43. The van der Waals surface area contributed by atoms with Crippen LogP contribution in [0.15, 0.2) is 33.4 Å². The van der Waals surface area contributed by atoms with Gasteiger partial charge in [0.25, 0.3) is 0 Å². The van der Waals surface area contributed by atoms with Gasteiger partial charge in [-0.05, 0) is 43.9 Å². The molecule has 2 aromatic heterocycles. The highest BCUT2D eigenvalue weighted by Gasteiger charge is 2.48. The number of hydrogen-bond donors (Lipinski definition) is 2. The first kappa shape index (κ1) is 20.7. The number of nitrogens with zero attached hydrogens (tertiary/aromatic N) is 5. The lowest BCUT2D eigenvalue weighted by Gasteiger charge is -2.42. The highest BCUT2D eigenvalue weighted by atomic mass is 35.5. The number of halogens is 2. The van der Waals surface area contributed by atoms with Crippen LogP contribution in [-0.4, -0.2) is 52.0 Å². The first-order valence-corrected chi connectivity index (χ1v) is 11.0. The summed E-state index contributed by atoms with van der Waals surface area (Å²) in [6.07, 6.45) is 6.69. The third-order valence-corrected chi connectivity index (χ3v) is 7.71. The molecule has 7 nitrogen and oxygen atoms in total. The second kappa shape index (κ2) is 8.26. The van der Waals surface area contributed by atoms with Crippen molar-refractivity contribution in [2.75, 3.05) is 23.7 Å². The smallest absolute Gasteiger partial charge is 0.151 e. The van der Waals surface area contributed by atoms with Crippen LogP contribution in [0.2, 0.25) is 10.2 Å². The third-order valence-electron chi connectivity index (χ3n) is 5.88. The minimum atomic E-state index is -0.268. The van der Waals surface area contributed by atoms with E-state index in [2.05, 4.69) is 31.6 Å². The molecule has 3 heterocycles. The van der Waals surface area contributed by atoms with Gasteiger partial charge in [-0.2, -0.15) is 0 Å². The first-order valence-electron chi connectivity index (χ1n) is 9.40. The molecule has 1 saturated carbocycles. The molecule has 0 amide bonds. The quantitative estimate of drug-likeness (QED) is 0.538. The number of aliphatic hydroxyl groups excluding tert-OH is 1. The second-order valence-electron chi connectivity index (χ2n) is 7.61. The highest BCUT2D eigenvalue weighted by Crippen LogP contribution is 2.48. The molecule has 4 rings (SSSR count). The van der Waals surface area contributed by atoms with Crippen LogP contribution < -0.4 is 10.6 Å². The summed E-state index contributed by atoms with van der Waals surface area (Å²) in [4.78, 5) is 20.2. The number of piperidine rings is 1. The molecule has 154 valence electrons. The average molecular weight is 453 g/mol. The van der Waals surface area contributed by atoms with Crippen molar-refractivity contribution in [2.24, 2.45) is 10.4 Å². The zero-order valence-corrected chi connectivity index (χ0v) is 18.1. The molecule has 1 aliphatic carbocycles. The van der Waals surface area contributed by atoms with Crippen LogP contribution in [0, 0.1) is 5.41 Å². The predicted octanol–water partition coefficient (Wildman–Crippen LogP) is 3.72. The van der Waals surface area contributed by atoms with Gasteiger partial charge < -0.3 is 15.7 Å². The molecule has 0 unspecified atom stereocenters. The second-order valence-corrected chi connectivity index (χ2v) is 9.40. The van der Waals surface area contributed by atoms with Gasteiger partial charge in [0.15, 0.2) is 5.15 Å². The van der Waals surface area contributed by atoms with Gasteiger partial charge >= 0.3 is 0 Å². The van der Waals surface area contributed by atoms with E-state index in [1.165, 1.54) is 11.8 Å². The monoisotopic (exact) mass is 452 g/mol. The van der Waals surface area contributed by atoms with Gasteiger partial charge in [0, 0.05) is 18.0 Å². The molecule has 2 aliphatic rings. The molecule has 29 heavy (non-hydrogen) atoms. The van der Waals surface area contributed by atoms with Crippen LogP contribution in [0.4, 0.5) is 11.6 Å². The highest BCUT2D eigenvalue weighted by molar-refractivity contribution is 7.99. The number of rotatable bonds is 4. The van der Waals surface area contributed by atoms with Gasteiger partial charge in [-0.25, -0.2) is 15.0 Å². The Kier molecular flexibility index (Phi) is 5.88. The van der Waals surface area contributed by atoms with Crippen molar-refractivity contribution in [3.8, 4) is 0 Å². The molecule has 3 N–H and O–H groups in total. The average Bonchev–Trinajstić information content (AvgIpc) is 3.01. The molecule has 10 heteroatoms. The van der Waals surface area contributed by atoms with Crippen molar-refractivity contribution < 1.29 is 5.11 Å². The van der Waals surface area contributed by atoms with Crippen molar-refractivity contribution in [2.45, 2.75) is 47.8 Å². The summed E-state index contributed by atoms with van der Waals surface area (Å²) in [6, 6.07) is 1.81. The van der Waals surface area contributed by atoms with Crippen molar-refractivity contribution in [1.82, 2.24) is 15.0 Å². The van der Waals surface area contributed by atoms with Gasteiger partial charge in [0.1, 0.15) is 16.7 Å². The number of aliphatic imine (C=N–C) groups is 1. The molecule has 0 radical (unpaired) electrons. The number of aromatic nitrogens is 3. The number of nitrogen functional groups attached to an aromatic ring is 1. The van der Waals surface area contributed by atoms with E-state index in [9.17, 15) is 5.11 Å². The number of hydrogen-bond acceptors (Lipinski definition) is 8. The van der Waals surface area contributed by atoms with E-state index >= 15 is 0 Å². The summed E-state index contributed by atoms with van der Waals surface area (Å²) < 4.78 is 0. The SMILES string of the molecule is C=N[C@@H]1C[C@@H](O)CC12CCN(c1cnc(Sc3cc(N)nc(Cl)c3Cl)cn1)CC2. The van der Waals surface area contributed by atoms with Crippen LogP contribution in [0.25, 0.3) is 0 Å². The molecule has 1 aliphatic heterocycles. The fourth-order valence-electron chi connectivity index (χ4n) is 4.39. The van der Waals surface area contributed by atoms with E-state index in [1.54, 1.807) is 18.5 Å². The van der Waals surface area contributed by atoms with Crippen LogP contribution in [0.1, 0.15) is 25.7 Å². The van der Waals surface area contributed by atoms with Gasteiger partial charge in [-0.3, -0.25) is 4.99 Å². The van der Waals surface area contributed by atoms with Crippen molar-refractivity contribution >= 4 is 53.3 Å². The van der Waals surface area contributed by atoms with E-state index in [0.29, 0.717) is 20.8 Å². The Labute approximate surface area is 183 Å². The summed E-state index contributed by atoms with van der Waals surface area (Å²) in [7, 11) is 0. The fourth-order valence-corrected chi connectivity index (χ4v) is 5.66. The molecule has 0 bridgehead atoms. The largest absolute Gasteiger partial charge is 0.393 e. The number of nitrogens with two attached hydrogens (primary N) is 1. The Morgan fingerprint density at radius 3 is 2.69 bits per heavy atom. The van der Waals surface area contributed by atoms with Gasteiger partial charge in [0.2, 0.25) is 0 Å². The number of aliphatic hydroxyl groups is 1. The molecular formula is C19H22Cl2N6OS. The topological polar surface area (TPSA) is 101 Å². The Balaban J connectivity index is 1.42. The fraction of sp³-hybridized carbons (Fsp3) is 0.474. The van der Waals surface area contributed by atoms with Crippen molar-refractivity contribution in [3.63, 3.8) is 0 Å². The van der Waals surface area contributed by atoms with Gasteiger partial charge in [0.05, 0.1) is 29.6 Å². The number of pyridine rings is 1. The Bertz CT molecular complexity index is 904. The molecule has 2 fully saturated rings. The first-order chi connectivity index (χ1) is 13.9. The van der Waals surface area contributed by atoms with E-state index in [0.717, 1.165) is 44.6 Å². The predicted molar refractivity (Wildman–Crippen MR) is 117 cm³/mol. The lowest BCUT2D eigenvalue weighted by atomic mass is 9.74. The van der Waals surface area contributed by atoms with Gasteiger partial charge in [-0.15, -0.1) is 0 Å². The molecule has 2 aromatic rings. The normalized spacial score (nSPS) is 23.5. The maximum atomic E-state index is 10.1. The summed E-state index contributed by atoms with van der Waals surface area (Å²) in [5.41, 5.74) is 5.81. The van der Waals surface area contributed by atoms with E-state index in [1.807, 2.05) is 0 Å². The van der Waals surface area contributed by atoms with Crippen molar-refractivity contribution in [1.29, 1.82) is 0 Å². The third kappa shape index (κ3) is 4.17. The van der Waals surface area contributed by atoms with Gasteiger partial charge in [-0.1, -0.05) is 35.0 Å². The van der Waals surface area contributed by atoms with Crippen LogP contribution in [0.5, 0.6) is 0 Å². The van der Waals surface area contributed by atoms with E-state index < -0.39 is 0 Å².